The third kappa shape index (κ3) is 3.28. The monoisotopic (exact) mass is 363 g/mol. The first-order valence-corrected chi connectivity index (χ1v) is 7.62. The fourth-order valence-electron chi connectivity index (χ4n) is 2.53. The number of aryl methyl sites for hydroxylation is 1. The van der Waals surface area contributed by atoms with E-state index in [4.69, 9.17) is 4.42 Å². The Hall–Kier alpha value is -3.23. The molecule has 1 aromatic carbocycles. The summed E-state index contributed by atoms with van der Waals surface area (Å²) < 4.78 is 34.0. The number of nitrogens with zero attached hydrogens (tertiary/aromatic N) is 2. The number of nitrogens with one attached hydrogen (secondary N) is 1. The molecule has 1 fully saturated rings. The molecule has 1 atom stereocenters. The number of rotatable bonds is 5. The molecule has 1 aromatic heterocycles. The quantitative estimate of drug-likeness (QED) is 0.654. The van der Waals surface area contributed by atoms with Gasteiger partial charge in [-0.05, 0) is 43.7 Å². The molecule has 0 aliphatic carbocycles. The standard InChI is InChI=1S/C17H15F2N3O4/c1-10-3-6-13(25-10)9-20-22-14(23)17(2,21-16(22)24)11-4-7-12(8-5-11)26-15(18)19/h3-9,15H,1-2H3,(H,21,24)/b20-9+. The van der Waals surface area contributed by atoms with Crippen LogP contribution in [0.5, 0.6) is 5.75 Å². The second kappa shape index (κ2) is 6.58. The highest BCUT2D eigenvalue weighted by molar-refractivity contribution is 6.07. The van der Waals surface area contributed by atoms with Gasteiger partial charge in [0.15, 0.2) is 0 Å². The van der Waals surface area contributed by atoms with E-state index in [0.717, 1.165) is 0 Å². The SMILES string of the molecule is Cc1ccc(/C=N/N2C(=O)NC(C)(c3ccc(OC(F)F)cc3)C2=O)o1. The number of hydrogen-bond donors (Lipinski definition) is 1. The van der Waals surface area contributed by atoms with Crippen LogP contribution in [0.1, 0.15) is 24.0 Å². The van der Waals surface area contributed by atoms with Gasteiger partial charge in [0.25, 0.3) is 5.91 Å². The molecule has 1 aliphatic rings. The van der Waals surface area contributed by atoms with Crippen LogP contribution in [0.15, 0.2) is 45.9 Å². The van der Waals surface area contributed by atoms with Crippen molar-refractivity contribution in [3.05, 3.63) is 53.5 Å². The summed E-state index contributed by atoms with van der Waals surface area (Å²) in [7, 11) is 0. The van der Waals surface area contributed by atoms with Gasteiger partial charge < -0.3 is 14.5 Å². The van der Waals surface area contributed by atoms with Crippen LogP contribution in [0.2, 0.25) is 0 Å². The van der Waals surface area contributed by atoms with Crippen molar-refractivity contribution in [2.75, 3.05) is 0 Å². The summed E-state index contributed by atoms with van der Waals surface area (Å²) in [4.78, 5) is 24.8. The minimum Gasteiger partial charge on any atom is -0.460 e. The highest BCUT2D eigenvalue weighted by Gasteiger charge is 2.49. The van der Waals surface area contributed by atoms with Crippen LogP contribution in [0.25, 0.3) is 0 Å². The van der Waals surface area contributed by atoms with E-state index in [-0.39, 0.29) is 5.75 Å². The Bertz CT molecular complexity index is 863. The summed E-state index contributed by atoms with van der Waals surface area (Å²) in [6.07, 6.45) is 1.26. The summed E-state index contributed by atoms with van der Waals surface area (Å²) in [5, 5.41) is 7.12. The van der Waals surface area contributed by atoms with E-state index >= 15 is 0 Å². The van der Waals surface area contributed by atoms with Crippen molar-refractivity contribution in [1.29, 1.82) is 0 Å². The Labute approximate surface area is 147 Å². The Morgan fingerprint density at radius 3 is 2.50 bits per heavy atom. The zero-order valence-corrected chi connectivity index (χ0v) is 13.9. The maximum Gasteiger partial charge on any atom is 0.387 e. The number of ether oxygens (including phenoxy) is 1. The van der Waals surface area contributed by atoms with Crippen LogP contribution in [0.4, 0.5) is 13.6 Å². The molecule has 1 aliphatic heterocycles. The highest BCUT2D eigenvalue weighted by Crippen LogP contribution is 2.30. The predicted molar refractivity (Wildman–Crippen MR) is 86.8 cm³/mol. The summed E-state index contributed by atoms with van der Waals surface area (Å²) in [5.41, 5.74) is -0.972. The Balaban J connectivity index is 1.81. The van der Waals surface area contributed by atoms with Gasteiger partial charge in [-0.2, -0.15) is 13.9 Å². The molecular formula is C17H15F2N3O4. The zero-order valence-electron chi connectivity index (χ0n) is 13.9. The minimum absolute atomic E-state index is 0.0489. The molecule has 1 unspecified atom stereocenters. The average molecular weight is 363 g/mol. The number of amides is 3. The number of carbonyl (C=O) groups excluding carboxylic acids is 2. The van der Waals surface area contributed by atoms with E-state index in [9.17, 15) is 18.4 Å². The first-order chi connectivity index (χ1) is 12.3. The molecule has 3 amide bonds. The number of urea groups is 1. The second-order valence-electron chi connectivity index (χ2n) is 5.77. The molecule has 1 saturated heterocycles. The highest BCUT2D eigenvalue weighted by atomic mass is 19.3. The zero-order chi connectivity index (χ0) is 18.9. The van der Waals surface area contributed by atoms with Gasteiger partial charge in [0.05, 0.1) is 6.21 Å². The number of benzene rings is 1. The van der Waals surface area contributed by atoms with Crippen LogP contribution in [-0.4, -0.2) is 29.8 Å². The third-order valence-electron chi connectivity index (χ3n) is 3.89. The van der Waals surface area contributed by atoms with E-state index in [0.29, 0.717) is 22.1 Å². The molecule has 0 bridgehead atoms. The fraction of sp³-hybridized carbons (Fsp3) is 0.235. The Kier molecular flexibility index (Phi) is 4.45. The van der Waals surface area contributed by atoms with Crippen LogP contribution >= 0.6 is 0 Å². The lowest BCUT2D eigenvalue weighted by Crippen LogP contribution is -2.40. The molecule has 1 N–H and O–H groups in total. The number of furan rings is 1. The number of imide groups is 1. The molecule has 7 nitrogen and oxygen atoms in total. The van der Waals surface area contributed by atoms with E-state index in [1.54, 1.807) is 19.1 Å². The maximum atomic E-state index is 12.7. The lowest BCUT2D eigenvalue weighted by molar-refractivity contribution is -0.131. The van der Waals surface area contributed by atoms with Crippen LogP contribution in [-0.2, 0) is 10.3 Å². The van der Waals surface area contributed by atoms with Crippen molar-refractivity contribution < 1.29 is 27.5 Å². The normalized spacial score (nSPS) is 20.3. The summed E-state index contributed by atoms with van der Waals surface area (Å²) in [5.74, 6) is 0.404. The Morgan fingerprint density at radius 2 is 1.92 bits per heavy atom. The number of hydrogen-bond acceptors (Lipinski definition) is 5. The molecule has 3 rings (SSSR count). The van der Waals surface area contributed by atoms with Crippen molar-refractivity contribution in [3.8, 4) is 5.75 Å². The maximum absolute atomic E-state index is 12.7. The lowest BCUT2D eigenvalue weighted by atomic mass is 9.92. The fourth-order valence-corrected chi connectivity index (χ4v) is 2.53. The predicted octanol–water partition coefficient (Wildman–Crippen LogP) is 2.99. The minimum atomic E-state index is -2.95. The van der Waals surface area contributed by atoms with E-state index in [1.807, 2.05) is 0 Å². The van der Waals surface area contributed by atoms with Crippen molar-refractivity contribution >= 4 is 18.2 Å². The van der Waals surface area contributed by atoms with Crippen molar-refractivity contribution in [2.24, 2.45) is 5.10 Å². The van der Waals surface area contributed by atoms with Gasteiger partial charge in [0.2, 0.25) is 0 Å². The van der Waals surface area contributed by atoms with Crippen LogP contribution < -0.4 is 10.1 Å². The first-order valence-electron chi connectivity index (χ1n) is 7.62. The average Bonchev–Trinajstić information content (AvgIpc) is 3.08. The molecule has 136 valence electrons. The third-order valence-corrected chi connectivity index (χ3v) is 3.89. The number of carbonyl (C=O) groups is 2. The van der Waals surface area contributed by atoms with Crippen molar-refractivity contribution in [2.45, 2.75) is 26.0 Å². The van der Waals surface area contributed by atoms with Crippen LogP contribution in [0.3, 0.4) is 0 Å². The van der Waals surface area contributed by atoms with Gasteiger partial charge in [-0.25, -0.2) is 4.79 Å². The topological polar surface area (TPSA) is 84.1 Å². The second-order valence-corrected chi connectivity index (χ2v) is 5.77. The number of hydrazone groups is 1. The van der Waals surface area contributed by atoms with Gasteiger partial charge in [0.1, 0.15) is 22.8 Å². The molecule has 26 heavy (non-hydrogen) atoms. The largest absolute Gasteiger partial charge is 0.460 e. The van der Waals surface area contributed by atoms with Crippen molar-refractivity contribution in [1.82, 2.24) is 10.3 Å². The molecule has 0 radical (unpaired) electrons. The van der Waals surface area contributed by atoms with Crippen molar-refractivity contribution in [3.63, 3.8) is 0 Å². The summed E-state index contributed by atoms with van der Waals surface area (Å²) in [6.45, 7) is 0.311. The molecular weight excluding hydrogens is 348 g/mol. The first kappa shape index (κ1) is 17.6. The summed E-state index contributed by atoms with van der Waals surface area (Å²) >= 11 is 0. The van der Waals surface area contributed by atoms with E-state index < -0.39 is 24.1 Å². The van der Waals surface area contributed by atoms with Gasteiger partial charge in [-0.1, -0.05) is 12.1 Å². The number of halogens is 2. The molecule has 0 saturated carbocycles. The molecule has 0 spiro atoms. The van der Waals surface area contributed by atoms with Gasteiger partial charge >= 0.3 is 12.6 Å². The number of alkyl halides is 2. The van der Waals surface area contributed by atoms with Gasteiger partial charge in [-0.3, -0.25) is 4.79 Å². The van der Waals surface area contributed by atoms with E-state index in [1.165, 1.54) is 37.4 Å². The van der Waals surface area contributed by atoms with Gasteiger partial charge in [-0.15, -0.1) is 5.01 Å². The molecule has 2 aromatic rings. The molecule has 9 heteroatoms. The van der Waals surface area contributed by atoms with Crippen LogP contribution in [0, 0.1) is 6.92 Å². The summed E-state index contributed by atoms with van der Waals surface area (Å²) in [6, 6.07) is 8.12. The van der Waals surface area contributed by atoms with Gasteiger partial charge in [0, 0.05) is 0 Å². The smallest absolute Gasteiger partial charge is 0.387 e. The Morgan fingerprint density at radius 1 is 1.23 bits per heavy atom. The molecule has 2 heterocycles. The van der Waals surface area contributed by atoms with E-state index in [2.05, 4.69) is 15.2 Å². The lowest BCUT2D eigenvalue weighted by Gasteiger charge is -2.21.